The van der Waals surface area contributed by atoms with Crippen LogP contribution in [0.5, 0.6) is 0 Å². The monoisotopic (exact) mass is 596 g/mol. The third-order valence-electron chi connectivity index (χ3n) is 9.09. The number of nitrogens with zero attached hydrogens (tertiary/aromatic N) is 1. The first-order chi connectivity index (χ1) is 20.2. The Morgan fingerprint density at radius 2 is 0.833 bits per heavy atom. The number of carbonyl (C=O) groups excluding carboxylic acids is 1. The van der Waals surface area contributed by atoms with Crippen LogP contribution in [-0.2, 0) is 14.3 Å². The molecule has 0 aliphatic heterocycles. The number of methoxy groups -OCH3 is 1. The molecule has 0 bridgehead atoms. The van der Waals surface area contributed by atoms with Gasteiger partial charge in [-0.25, -0.2) is 0 Å². The van der Waals surface area contributed by atoms with Crippen LogP contribution in [0.4, 0.5) is 0 Å². The van der Waals surface area contributed by atoms with Crippen LogP contribution in [0.15, 0.2) is 0 Å². The largest absolute Gasteiger partial charge is 0.379 e. The minimum atomic E-state index is -0.794. The van der Waals surface area contributed by atoms with Gasteiger partial charge in [-0.15, -0.1) is 0 Å². The van der Waals surface area contributed by atoms with Crippen LogP contribution < -0.4 is 0 Å². The Bertz CT molecular complexity index is 561. The lowest BCUT2D eigenvalue weighted by atomic mass is 10.0. The van der Waals surface area contributed by atoms with Gasteiger partial charge >= 0.3 is 0 Å². The summed E-state index contributed by atoms with van der Waals surface area (Å²) in [6.45, 7) is 14.9. The third-order valence-corrected chi connectivity index (χ3v) is 9.09. The van der Waals surface area contributed by atoms with Gasteiger partial charge in [0.05, 0.1) is 12.2 Å². The second kappa shape index (κ2) is 27.9. The van der Waals surface area contributed by atoms with Gasteiger partial charge in [-0.2, -0.15) is 0 Å². The molecule has 1 amide bonds. The summed E-state index contributed by atoms with van der Waals surface area (Å²) in [7, 11) is 1.74. The zero-order valence-electron chi connectivity index (χ0n) is 30.0. The Morgan fingerprint density at radius 3 is 1.14 bits per heavy atom. The fourth-order valence-electron chi connectivity index (χ4n) is 5.70. The number of hydrogen-bond donors (Lipinski definition) is 0. The van der Waals surface area contributed by atoms with E-state index in [9.17, 15) is 4.79 Å². The highest BCUT2D eigenvalue weighted by atomic mass is 16.5. The van der Waals surface area contributed by atoms with Crippen LogP contribution in [0.3, 0.4) is 0 Å². The SMILES string of the molecule is CCCCCCCCCCCCCCN(CCCCCCCCCCCCCC)C(=O)C(C)(C)OCCC(C)(C)OC. The summed E-state index contributed by atoms with van der Waals surface area (Å²) in [5, 5.41) is 0. The Hall–Kier alpha value is -0.610. The molecule has 0 N–H and O–H groups in total. The first-order valence-corrected chi connectivity index (χ1v) is 18.7. The number of hydrogen-bond acceptors (Lipinski definition) is 3. The average Bonchev–Trinajstić information content (AvgIpc) is 2.96. The lowest BCUT2D eigenvalue weighted by Gasteiger charge is -2.33. The molecule has 0 rings (SSSR count). The van der Waals surface area contributed by atoms with Crippen LogP contribution >= 0.6 is 0 Å². The van der Waals surface area contributed by atoms with Crippen molar-refractivity contribution < 1.29 is 14.3 Å². The lowest BCUT2D eigenvalue weighted by Crippen LogP contribution is -2.48. The molecule has 0 radical (unpaired) electrons. The van der Waals surface area contributed by atoms with E-state index in [1.54, 1.807) is 7.11 Å². The number of amides is 1. The highest BCUT2D eigenvalue weighted by molar-refractivity contribution is 5.84. The minimum Gasteiger partial charge on any atom is -0.379 e. The molecular weight excluding hydrogens is 518 g/mol. The standard InChI is InChI=1S/C38H77NO3/c1-8-10-12-14-16-18-20-22-24-26-28-30-33-39(36(40)38(5,6)42-35-32-37(3,4)41-7)34-31-29-27-25-23-21-19-17-15-13-11-9-2/h8-35H2,1-7H3. The van der Waals surface area contributed by atoms with Gasteiger partial charge in [0.2, 0.25) is 0 Å². The first kappa shape index (κ1) is 41.4. The van der Waals surface area contributed by atoms with Gasteiger partial charge in [-0.3, -0.25) is 4.79 Å². The van der Waals surface area contributed by atoms with Crippen molar-refractivity contribution in [2.24, 2.45) is 0 Å². The van der Waals surface area contributed by atoms with Crippen LogP contribution in [0.1, 0.15) is 202 Å². The second-order valence-electron chi connectivity index (χ2n) is 14.1. The van der Waals surface area contributed by atoms with E-state index < -0.39 is 5.60 Å². The van der Waals surface area contributed by atoms with E-state index in [1.165, 1.54) is 141 Å². The number of unbranched alkanes of at least 4 members (excludes halogenated alkanes) is 22. The molecule has 0 aliphatic rings. The van der Waals surface area contributed by atoms with Crippen LogP contribution in [0.2, 0.25) is 0 Å². The van der Waals surface area contributed by atoms with Crippen molar-refractivity contribution in [2.45, 2.75) is 213 Å². The molecule has 0 aromatic carbocycles. The lowest BCUT2D eigenvalue weighted by molar-refractivity contribution is -0.156. The van der Waals surface area contributed by atoms with Crippen molar-refractivity contribution in [3.8, 4) is 0 Å². The van der Waals surface area contributed by atoms with E-state index >= 15 is 0 Å². The maximum atomic E-state index is 13.6. The van der Waals surface area contributed by atoms with Crippen LogP contribution in [0, 0.1) is 0 Å². The minimum absolute atomic E-state index is 0.156. The van der Waals surface area contributed by atoms with Crippen molar-refractivity contribution in [1.29, 1.82) is 0 Å². The van der Waals surface area contributed by atoms with Gasteiger partial charge in [-0.1, -0.05) is 155 Å². The predicted molar refractivity (Wildman–Crippen MR) is 184 cm³/mol. The molecule has 0 aromatic heterocycles. The summed E-state index contributed by atoms with van der Waals surface area (Å²) in [6.07, 6.45) is 33.0. The van der Waals surface area contributed by atoms with E-state index in [2.05, 4.69) is 32.6 Å². The predicted octanol–water partition coefficient (Wildman–Crippen LogP) is 11.8. The fraction of sp³-hybridized carbons (Fsp3) is 0.974. The molecular formula is C38H77NO3. The summed E-state index contributed by atoms with van der Waals surface area (Å²) in [5.41, 5.74) is -1.03. The Balaban J connectivity index is 4.41. The van der Waals surface area contributed by atoms with Gasteiger partial charge in [0.25, 0.3) is 5.91 Å². The van der Waals surface area contributed by atoms with E-state index in [0.717, 1.165) is 32.4 Å². The Morgan fingerprint density at radius 1 is 0.524 bits per heavy atom. The zero-order chi connectivity index (χ0) is 31.4. The van der Waals surface area contributed by atoms with E-state index in [4.69, 9.17) is 9.47 Å². The molecule has 0 aromatic rings. The van der Waals surface area contributed by atoms with E-state index in [0.29, 0.717) is 6.61 Å². The molecule has 252 valence electrons. The highest BCUT2D eigenvalue weighted by Gasteiger charge is 2.33. The average molecular weight is 596 g/mol. The van der Waals surface area contributed by atoms with Crippen molar-refractivity contribution in [2.75, 3.05) is 26.8 Å². The summed E-state index contributed by atoms with van der Waals surface area (Å²) in [5.74, 6) is 0.156. The third kappa shape index (κ3) is 24.8. The van der Waals surface area contributed by atoms with Crippen molar-refractivity contribution in [1.82, 2.24) is 4.90 Å². The number of rotatable bonds is 32. The van der Waals surface area contributed by atoms with Gasteiger partial charge < -0.3 is 14.4 Å². The van der Waals surface area contributed by atoms with E-state index in [-0.39, 0.29) is 11.5 Å². The number of carbonyl (C=O) groups is 1. The van der Waals surface area contributed by atoms with Gasteiger partial charge in [0.1, 0.15) is 5.60 Å². The summed E-state index contributed by atoms with van der Waals surface area (Å²) < 4.78 is 11.7. The maximum absolute atomic E-state index is 13.6. The topological polar surface area (TPSA) is 38.8 Å². The molecule has 0 unspecified atom stereocenters. The number of ether oxygens (including phenoxy) is 2. The van der Waals surface area contributed by atoms with Gasteiger partial charge in [0.15, 0.2) is 0 Å². The molecule has 4 nitrogen and oxygen atoms in total. The summed E-state index contributed by atoms with van der Waals surface area (Å²) in [4.78, 5) is 15.7. The molecule has 4 heteroatoms. The molecule has 0 saturated heterocycles. The summed E-state index contributed by atoms with van der Waals surface area (Å²) >= 11 is 0. The van der Waals surface area contributed by atoms with Crippen LogP contribution in [0.25, 0.3) is 0 Å². The molecule has 0 atom stereocenters. The first-order valence-electron chi connectivity index (χ1n) is 18.7. The van der Waals surface area contributed by atoms with Crippen molar-refractivity contribution in [3.63, 3.8) is 0 Å². The molecule has 0 saturated carbocycles. The smallest absolute Gasteiger partial charge is 0.254 e. The van der Waals surface area contributed by atoms with E-state index in [1.807, 2.05) is 13.8 Å². The Kier molecular flexibility index (Phi) is 27.5. The van der Waals surface area contributed by atoms with Gasteiger partial charge in [0, 0.05) is 20.2 Å². The summed E-state index contributed by atoms with van der Waals surface area (Å²) in [6, 6.07) is 0. The molecule has 42 heavy (non-hydrogen) atoms. The Labute approximate surface area is 264 Å². The van der Waals surface area contributed by atoms with Crippen molar-refractivity contribution in [3.05, 3.63) is 0 Å². The van der Waals surface area contributed by atoms with Gasteiger partial charge in [-0.05, 0) is 47.0 Å². The molecule has 0 aliphatic carbocycles. The molecule has 0 heterocycles. The zero-order valence-corrected chi connectivity index (χ0v) is 30.0. The maximum Gasteiger partial charge on any atom is 0.254 e. The van der Waals surface area contributed by atoms with Crippen LogP contribution in [-0.4, -0.2) is 48.8 Å². The molecule has 0 spiro atoms. The molecule has 0 fully saturated rings. The quantitative estimate of drug-likeness (QED) is 0.0726. The highest BCUT2D eigenvalue weighted by Crippen LogP contribution is 2.20. The fourth-order valence-corrected chi connectivity index (χ4v) is 5.70. The second-order valence-corrected chi connectivity index (χ2v) is 14.1. The van der Waals surface area contributed by atoms with Crippen molar-refractivity contribution >= 4 is 5.91 Å². The normalized spacial score (nSPS) is 12.3.